The van der Waals surface area contributed by atoms with Crippen LogP contribution in [0.3, 0.4) is 0 Å². The van der Waals surface area contributed by atoms with Gasteiger partial charge in [-0.1, -0.05) is 184 Å². The minimum absolute atomic E-state index is 0.298. The van der Waals surface area contributed by atoms with Crippen molar-refractivity contribution in [3.05, 3.63) is 129 Å². The normalized spacial score (nSPS) is 16.9. The van der Waals surface area contributed by atoms with Crippen LogP contribution in [-0.2, 0) is 0 Å². The molecule has 2 atom stereocenters. The molecule has 0 saturated carbocycles. The van der Waals surface area contributed by atoms with Gasteiger partial charge < -0.3 is 0 Å². The van der Waals surface area contributed by atoms with E-state index >= 15 is 0 Å². The van der Waals surface area contributed by atoms with E-state index in [0.29, 0.717) is 11.8 Å². The Hall–Kier alpha value is -3.42. The molecular formula is C46H56Si. The van der Waals surface area contributed by atoms with E-state index in [-0.39, 0.29) is 9.52 Å². The number of benzene rings is 4. The Balaban J connectivity index is 1.24. The highest BCUT2D eigenvalue weighted by molar-refractivity contribution is 6.36. The van der Waals surface area contributed by atoms with Gasteiger partial charge in [-0.3, -0.25) is 0 Å². The van der Waals surface area contributed by atoms with E-state index in [0.717, 1.165) is 0 Å². The summed E-state index contributed by atoms with van der Waals surface area (Å²) in [5.41, 5.74) is 17.9. The Labute approximate surface area is 288 Å². The van der Waals surface area contributed by atoms with Crippen LogP contribution in [0.4, 0.5) is 0 Å². The Bertz CT molecular complexity index is 1560. The lowest BCUT2D eigenvalue weighted by Gasteiger charge is -2.21. The van der Waals surface area contributed by atoms with Gasteiger partial charge in [-0.25, -0.2) is 0 Å². The summed E-state index contributed by atoms with van der Waals surface area (Å²) in [5.74, 6) is 1.22. The van der Waals surface area contributed by atoms with Crippen LogP contribution in [0, 0.1) is 13.8 Å². The van der Waals surface area contributed by atoms with Crippen LogP contribution < -0.4 is 0 Å². The molecule has 0 bridgehead atoms. The predicted molar refractivity (Wildman–Crippen MR) is 210 cm³/mol. The first-order valence-corrected chi connectivity index (χ1v) is 20.9. The van der Waals surface area contributed by atoms with Gasteiger partial charge in [0.2, 0.25) is 0 Å². The number of hydrogen-bond donors (Lipinski definition) is 0. The monoisotopic (exact) mass is 636 g/mol. The summed E-state index contributed by atoms with van der Waals surface area (Å²) in [4.78, 5) is 0. The van der Waals surface area contributed by atoms with Gasteiger partial charge in [-0.05, 0) is 84.0 Å². The van der Waals surface area contributed by atoms with Crippen molar-refractivity contribution in [2.24, 2.45) is 0 Å². The molecular weight excluding hydrogens is 581 g/mol. The molecule has 244 valence electrons. The molecule has 0 aromatic heterocycles. The largest absolute Gasteiger partial charge is 0.0654 e. The molecule has 0 N–H and O–H groups in total. The van der Waals surface area contributed by atoms with Crippen molar-refractivity contribution in [2.45, 2.75) is 116 Å². The maximum absolute atomic E-state index is 2.62. The van der Waals surface area contributed by atoms with E-state index in [2.05, 4.69) is 125 Å². The minimum atomic E-state index is -0.298. The van der Waals surface area contributed by atoms with Gasteiger partial charge >= 0.3 is 0 Å². The molecule has 0 fully saturated rings. The first-order chi connectivity index (χ1) is 23.1. The average Bonchev–Trinajstić information content (AvgIpc) is 3.63. The first kappa shape index (κ1) is 33.5. The summed E-state index contributed by atoms with van der Waals surface area (Å²) in [6, 6.07) is 35.4. The molecule has 0 spiro atoms. The van der Waals surface area contributed by atoms with E-state index in [4.69, 9.17) is 0 Å². The van der Waals surface area contributed by atoms with E-state index in [1.54, 1.807) is 22.3 Å². The molecule has 2 aliphatic carbocycles. The number of aryl methyl sites for hydroxylation is 2. The Morgan fingerprint density at radius 2 is 0.915 bits per heavy atom. The molecule has 47 heavy (non-hydrogen) atoms. The second-order valence-electron chi connectivity index (χ2n) is 14.4. The van der Waals surface area contributed by atoms with Crippen LogP contribution in [0.5, 0.6) is 0 Å². The van der Waals surface area contributed by atoms with E-state index in [1.165, 1.54) is 121 Å². The molecule has 0 amide bonds. The number of unbranched alkanes of at least 4 members (excludes halogenated alkanes) is 6. The number of fused-ring (bicyclic) bond motifs is 2. The minimum Gasteiger partial charge on any atom is -0.0654 e. The van der Waals surface area contributed by atoms with Gasteiger partial charge in [0.05, 0.1) is 0 Å². The molecule has 0 saturated heterocycles. The van der Waals surface area contributed by atoms with Crippen molar-refractivity contribution >= 4 is 21.7 Å². The van der Waals surface area contributed by atoms with Gasteiger partial charge in [0, 0.05) is 21.4 Å². The summed E-state index contributed by atoms with van der Waals surface area (Å²) >= 11 is 0. The Morgan fingerprint density at radius 1 is 0.489 bits per heavy atom. The lowest BCUT2D eigenvalue weighted by atomic mass is 9.91. The maximum atomic E-state index is 2.62. The van der Waals surface area contributed by atoms with Crippen LogP contribution in [-0.4, -0.2) is 9.52 Å². The Kier molecular flexibility index (Phi) is 11.5. The quantitative estimate of drug-likeness (QED) is 0.0848. The molecule has 0 radical (unpaired) electrons. The van der Waals surface area contributed by atoms with Crippen LogP contribution in [0.1, 0.15) is 123 Å². The fraction of sp³-hybridized carbons (Fsp3) is 0.391. The highest BCUT2D eigenvalue weighted by Crippen LogP contribution is 2.48. The first-order valence-electron chi connectivity index (χ1n) is 18.9. The second-order valence-corrected chi connectivity index (χ2v) is 16.3. The van der Waals surface area contributed by atoms with Gasteiger partial charge in [-0.15, -0.1) is 0 Å². The summed E-state index contributed by atoms with van der Waals surface area (Å²) < 4.78 is 0. The zero-order valence-corrected chi connectivity index (χ0v) is 31.0. The predicted octanol–water partition coefficient (Wildman–Crippen LogP) is 13.2. The van der Waals surface area contributed by atoms with Crippen LogP contribution in [0.2, 0.25) is 12.1 Å². The zero-order valence-electron chi connectivity index (χ0n) is 29.6. The summed E-state index contributed by atoms with van der Waals surface area (Å²) in [7, 11) is -0.298. The van der Waals surface area contributed by atoms with E-state index in [9.17, 15) is 0 Å². The topological polar surface area (TPSA) is 0 Å². The zero-order chi connectivity index (χ0) is 32.6. The smallest absolute Gasteiger partial charge is 0.0218 e. The fourth-order valence-electron chi connectivity index (χ4n) is 8.25. The third-order valence-electron chi connectivity index (χ3n) is 10.9. The SMILES string of the molecule is CCCCCCC1=Cc2c(-c3ccc(C)cc3)cccc2C1C[SiH2]CC1C(CCCCCC)=Cc2c(-c3ccc(C)cc3)cccc21. The van der Waals surface area contributed by atoms with Crippen molar-refractivity contribution < 1.29 is 0 Å². The van der Waals surface area contributed by atoms with E-state index < -0.39 is 0 Å². The standard InChI is InChI=1S/C46H56Si/c1-5-7-9-11-15-37-29-43-39(35-25-21-33(3)22-26-35)17-13-19-41(43)45(37)31-47-32-46-38(16-12-10-8-6-2)30-44-40(18-14-20-42(44)46)36-27-23-34(4)24-28-36/h13-14,17-30,45-46H,5-12,15-16,31-32,47H2,1-4H3. The molecule has 0 aliphatic heterocycles. The maximum Gasteiger partial charge on any atom is 0.0218 e. The molecule has 4 aromatic carbocycles. The molecule has 6 rings (SSSR count). The number of rotatable bonds is 16. The average molecular weight is 637 g/mol. The van der Waals surface area contributed by atoms with Crippen LogP contribution >= 0.6 is 0 Å². The summed E-state index contributed by atoms with van der Waals surface area (Å²) in [5, 5.41) is 0. The summed E-state index contributed by atoms with van der Waals surface area (Å²) in [6.07, 6.45) is 18.4. The molecule has 4 aromatic rings. The number of allylic oxidation sites excluding steroid dienone is 2. The summed E-state index contributed by atoms with van der Waals surface area (Å²) in [6.45, 7) is 9.02. The van der Waals surface area contributed by atoms with Crippen LogP contribution in [0.15, 0.2) is 96.1 Å². The number of hydrogen-bond acceptors (Lipinski definition) is 0. The van der Waals surface area contributed by atoms with Crippen molar-refractivity contribution in [3.63, 3.8) is 0 Å². The third-order valence-corrected chi connectivity index (χ3v) is 12.9. The lowest BCUT2D eigenvalue weighted by Crippen LogP contribution is -2.08. The van der Waals surface area contributed by atoms with Crippen molar-refractivity contribution in [1.29, 1.82) is 0 Å². The molecule has 1 heteroatoms. The Morgan fingerprint density at radius 3 is 1.32 bits per heavy atom. The van der Waals surface area contributed by atoms with Crippen molar-refractivity contribution in [1.82, 2.24) is 0 Å². The van der Waals surface area contributed by atoms with Crippen molar-refractivity contribution in [2.75, 3.05) is 0 Å². The highest BCUT2D eigenvalue weighted by Gasteiger charge is 2.30. The highest BCUT2D eigenvalue weighted by atomic mass is 28.2. The molecule has 2 unspecified atom stereocenters. The van der Waals surface area contributed by atoms with Crippen molar-refractivity contribution in [3.8, 4) is 22.3 Å². The second kappa shape index (κ2) is 16.1. The van der Waals surface area contributed by atoms with Gasteiger partial charge in [0.15, 0.2) is 0 Å². The fourth-order valence-corrected chi connectivity index (χ4v) is 10.7. The molecule has 0 heterocycles. The molecule has 0 nitrogen and oxygen atoms in total. The van der Waals surface area contributed by atoms with Gasteiger partial charge in [-0.2, -0.15) is 0 Å². The van der Waals surface area contributed by atoms with Gasteiger partial charge in [0.25, 0.3) is 0 Å². The molecule has 2 aliphatic rings. The van der Waals surface area contributed by atoms with Gasteiger partial charge in [0.1, 0.15) is 0 Å². The lowest BCUT2D eigenvalue weighted by molar-refractivity contribution is 0.648. The van der Waals surface area contributed by atoms with E-state index in [1.807, 2.05) is 0 Å². The third kappa shape index (κ3) is 7.84. The van der Waals surface area contributed by atoms with Crippen LogP contribution in [0.25, 0.3) is 34.4 Å².